The van der Waals surface area contributed by atoms with Crippen LogP contribution in [0, 0.1) is 0 Å². The largest absolute Gasteiger partial charge is 0.506 e. The van der Waals surface area contributed by atoms with Crippen molar-refractivity contribution in [1.29, 1.82) is 0 Å². The molecule has 0 aromatic heterocycles. The molecule has 2 unspecified atom stereocenters. The summed E-state index contributed by atoms with van der Waals surface area (Å²) in [7, 11) is -1.24. The van der Waals surface area contributed by atoms with E-state index in [1.807, 2.05) is 11.9 Å². The molecule has 0 spiro atoms. The first-order valence-corrected chi connectivity index (χ1v) is 9.18. The SMILES string of the molecule is CN1CCN(C(=O)c2ccc(O)c(Cl)c2)C2CS(=O)(=O)CC21. The van der Waals surface area contributed by atoms with Crippen LogP contribution in [0.1, 0.15) is 10.4 Å². The fraction of sp³-hybridized carbons (Fsp3) is 0.500. The van der Waals surface area contributed by atoms with Crippen molar-refractivity contribution >= 4 is 27.3 Å². The third-order valence-corrected chi connectivity index (χ3v) is 6.41. The van der Waals surface area contributed by atoms with Crippen LogP contribution in [-0.4, -0.2) is 73.0 Å². The monoisotopic (exact) mass is 344 g/mol. The Bertz CT molecular complexity index is 722. The van der Waals surface area contributed by atoms with E-state index >= 15 is 0 Å². The molecule has 2 fully saturated rings. The molecule has 0 bridgehead atoms. The van der Waals surface area contributed by atoms with Crippen LogP contribution in [0.5, 0.6) is 5.75 Å². The molecule has 2 heterocycles. The maximum absolute atomic E-state index is 12.7. The summed E-state index contributed by atoms with van der Waals surface area (Å²) < 4.78 is 23.9. The molecule has 22 heavy (non-hydrogen) atoms. The number of fused-ring (bicyclic) bond motifs is 1. The Morgan fingerprint density at radius 2 is 1.95 bits per heavy atom. The Kier molecular flexibility index (Phi) is 3.82. The first kappa shape index (κ1) is 15.6. The predicted octanol–water partition coefficient (Wildman–Crippen LogP) is 0.599. The van der Waals surface area contributed by atoms with E-state index in [4.69, 9.17) is 11.6 Å². The first-order valence-electron chi connectivity index (χ1n) is 6.98. The molecule has 2 saturated heterocycles. The number of likely N-dealkylation sites (N-methyl/N-ethyl adjacent to an activating group) is 1. The summed E-state index contributed by atoms with van der Waals surface area (Å²) in [6.45, 7) is 1.11. The van der Waals surface area contributed by atoms with Crippen molar-refractivity contribution in [2.24, 2.45) is 0 Å². The third kappa shape index (κ3) is 2.68. The van der Waals surface area contributed by atoms with Gasteiger partial charge in [-0.15, -0.1) is 0 Å². The van der Waals surface area contributed by atoms with Crippen molar-refractivity contribution in [3.05, 3.63) is 28.8 Å². The molecular formula is C14H17ClN2O4S. The fourth-order valence-electron chi connectivity index (χ4n) is 3.18. The van der Waals surface area contributed by atoms with E-state index in [1.165, 1.54) is 18.2 Å². The van der Waals surface area contributed by atoms with Gasteiger partial charge in [0.2, 0.25) is 0 Å². The number of sulfone groups is 1. The second-order valence-electron chi connectivity index (χ2n) is 5.86. The number of nitrogens with zero attached hydrogens (tertiary/aromatic N) is 2. The van der Waals surface area contributed by atoms with Gasteiger partial charge in [-0.05, 0) is 25.2 Å². The quantitative estimate of drug-likeness (QED) is 0.807. The lowest BCUT2D eigenvalue weighted by Crippen LogP contribution is -2.59. The van der Waals surface area contributed by atoms with E-state index in [-0.39, 0.29) is 40.3 Å². The number of phenolic OH excluding ortho intramolecular Hbond substituents is 1. The van der Waals surface area contributed by atoms with Gasteiger partial charge in [0.15, 0.2) is 9.84 Å². The number of carbonyl (C=O) groups is 1. The summed E-state index contributed by atoms with van der Waals surface area (Å²) >= 11 is 5.85. The van der Waals surface area contributed by atoms with Gasteiger partial charge in [0.05, 0.1) is 22.6 Å². The Morgan fingerprint density at radius 3 is 2.64 bits per heavy atom. The van der Waals surface area contributed by atoms with Crippen LogP contribution in [0.3, 0.4) is 0 Å². The topological polar surface area (TPSA) is 77.9 Å². The number of benzene rings is 1. The van der Waals surface area contributed by atoms with Crippen LogP contribution >= 0.6 is 11.6 Å². The number of phenols is 1. The van der Waals surface area contributed by atoms with Crippen LogP contribution in [0.15, 0.2) is 18.2 Å². The van der Waals surface area contributed by atoms with Crippen LogP contribution in [-0.2, 0) is 9.84 Å². The van der Waals surface area contributed by atoms with Crippen molar-refractivity contribution in [2.45, 2.75) is 12.1 Å². The maximum atomic E-state index is 12.7. The molecule has 1 N–H and O–H groups in total. The van der Waals surface area contributed by atoms with Crippen LogP contribution in [0.25, 0.3) is 0 Å². The van der Waals surface area contributed by atoms with Crippen molar-refractivity contribution in [1.82, 2.24) is 9.80 Å². The molecular weight excluding hydrogens is 328 g/mol. The molecule has 1 amide bonds. The van der Waals surface area contributed by atoms with E-state index < -0.39 is 9.84 Å². The Labute approximate surface area is 134 Å². The first-order chi connectivity index (χ1) is 10.3. The zero-order valence-corrected chi connectivity index (χ0v) is 13.6. The number of aromatic hydroxyl groups is 1. The minimum atomic E-state index is -3.13. The zero-order valence-electron chi connectivity index (χ0n) is 12.1. The molecule has 1 aromatic rings. The van der Waals surface area contributed by atoms with Gasteiger partial charge < -0.3 is 10.0 Å². The van der Waals surface area contributed by atoms with Crippen LogP contribution in [0.2, 0.25) is 5.02 Å². The van der Waals surface area contributed by atoms with E-state index in [9.17, 15) is 18.3 Å². The normalized spacial score (nSPS) is 27.6. The lowest BCUT2D eigenvalue weighted by molar-refractivity contribution is 0.0410. The van der Waals surface area contributed by atoms with Crippen molar-refractivity contribution in [3.8, 4) is 5.75 Å². The predicted molar refractivity (Wildman–Crippen MR) is 83.0 cm³/mol. The van der Waals surface area contributed by atoms with E-state index in [0.717, 1.165) is 0 Å². The lowest BCUT2D eigenvalue weighted by Gasteiger charge is -2.42. The molecule has 1 aromatic carbocycles. The summed E-state index contributed by atoms with van der Waals surface area (Å²) in [5.74, 6) is -0.242. The molecule has 2 atom stereocenters. The molecule has 0 radical (unpaired) electrons. The number of hydrogen-bond donors (Lipinski definition) is 1. The fourth-order valence-corrected chi connectivity index (χ4v) is 5.42. The minimum absolute atomic E-state index is 0.000434. The van der Waals surface area contributed by atoms with Crippen LogP contribution < -0.4 is 0 Å². The number of rotatable bonds is 1. The summed E-state index contributed by atoms with van der Waals surface area (Å²) in [5, 5.41) is 9.55. The van der Waals surface area contributed by atoms with Gasteiger partial charge in [-0.3, -0.25) is 9.69 Å². The van der Waals surface area contributed by atoms with Gasteiger partial charge in [0, 0.05) is 24.7 Å². The number of amides is 1. The van der Waals surface area contributed by atoms with Gasteiger partial charge in [-0.25, -0.2) is 8.42 Å². The van der Waals surface area contributed by atoms with Gasteiger partial charge in [-0.2, -0.15) is 0 Å². The molecule has 0 saturated carbocycles. The molecule has 3 rings (SSSR count). The summed E-state index contributed by atoms with van der Waals surface area (Å²) in [6, 6.07) is 3.80. The van der Waals surface area contributed by atoms with Crippen LogP contribution in [0.4, 0.5) is 0 Å². The van der Waals surface area contributed by atoms with E-state index in [2.05, 4.69) is 0 Å². The van der Waals surface area contributed by atoms with Gasteiger partial charge in [-0.1, -0.05) is 11.6 Å². The summed E-state index contributed by atoms with van der Waals surface area (Å²) in [4.78, 5) is 16.3. The van der Waals surface area contributed by atoms with Gasteiger partial charge >= 0.3 is 0 Å². The smallest absolute Gasteiger partial charge is 0.254 e. The minimum Gasteiger partial charge on any atom is -0.506 e. The van der Waals surface area contributed by atoms with E-state index in [1.54, 1.807) is 4.90 Å². The average molecular weight is 345 g/mol. The molecule has 120 valence electrons. The second-order valence-corrected chi connectivity index (χ2v) is 8.42. The van der Waals surface area contributed by atoms with Gasteiger partial charge in [0.1, 0.15) is 5.75 Å². The number of piperazine rings is 1. The highest BCUT2D eigenvalue weighted by Gasteiger charge is 2.47. The Hall–Kier alpha value is -1.31. The van der Waals surface area contributed by atoms with Crippen molar-refractivity contribution in [2.75, 3.05) is 31.6 Å². The van der Waals surface area contributed by atoms with Gasteiger partial charge in [0.25, 0.3) is 5.91 Å². The maximum Gasteiger partial charge on any atom is 0.254 e. The molecule has 2 aliphatic heterocycles. The highest BCUT2D eigenvalue weighted by Crippen LogP contribution is 2.29. The number of halogens is 1. The van der Waals surface area contributed by atoms with Crippen molar-refractivity contribution < 1.29 is 18.3 Å². The molecule has 6 nitrogen and oxygen atoms in total. The third-order valence-electron chi connectivity index (χ3n) is 4.41. The lowest BCUT2D eigenvalue weighted by atomic mass is 10.0. The average Bonchev–Trinajstić information content (AvgIpc) is 2.78. The highest BCUT2D eigenvalue weighted by molar-refractivity contribution is 7.91. The van der Waals surface area contributed by atoms with E-state index in [0.29, 0.717) is 18.7 Å². The molecule has 2 aliphatic rings. The zero-order chi connectivity index (χ0) is 16.1. The summed E-state index contributed by atoms with van der Waals surface area (Å²) in [6.07, 6.45) is 0. The number of hydrogen-bond acceptors (Lipinski definition) is 5. The molecule has 0 aliphatic carbocycles. The highest BCUT2D eigenvalue weighted by atomic mass is 35.5. The standard InChI is InChI=1S/C14H17ClN2O4S/c1-16-4-5-17(12-8-22(20,21)7-11(12)16)14(19)9-2-3-13(18)10(15)6-9/h2-3,6,11-12,18H,4-5,7-8H2,1H3. The Balaban J connectivity index is 1.90. The Morgan fingerprint density at radius 1 is 1.27 bits per heavy atom. The second kappa shape index (κ2) is 5.40. The number of carbonyl (C=O) groups excluding carboxylic acids is 1. The molecule has 8 heteroatoms. The van der Waals surface area contributed by atoms with Crippen molar-refractivity contribution in [3.63, 3.8) is 0 Å². The summed E-state index contributed by atoms with van der Waals surface area (Å²) in [5.41, 5.74) is 0.357.